The SMILES string of the molecule is CO[Si](C)(CCC(=O)OCCC[Si](OC)(OC)OC)O[Si]=O. The van der Waals surface area contributed by atoms with Crippen LogP contribution in [0.15, 0.2) is 0 Å². The summed E-state index contributed by atoms with van der Waals surface area (Å²) in [4.78, 5) is 11.7. The van der Waals surface area contributed by atoms with Crippen LogP contribution in [0.2, 0.25) is 18.6 Å². The second-order valence-electron chi connectivity index (χ2n) is 4.64. The summed E-state index contributed by atoms with van der Waals surface area (Å²) >= 11 is 0. The molecule has 11 heteroatoms. The van der Waals surface area contributed by atoms with Gasteiger partial charge in [0, 0.05) is 46.9 Å². The van der Waals surface area contributed by atoms with E-state index in [9.17, 15) is 9.26 Å². The van der Waals surface area contributed by atoms with Gasteiger partial charge in [0.2, 0.25) is 0 Å². The van der Waals surface area contributed by atoms with Crippen molar-refractivity contribution in [1.29, 1.82) is 0 Å². The first-order chi connectivity index (χ1) is 10.4. The predicted molar refractivity (Wildman–Crippen MR) is 82.7 cm³/mol. The van der Waals surface area contributed by atoms with Crippen molar-refractivity contribution < 1.29 is 35.8 Å². The van der Waals surface area contributed by atoms with E-state index >= 15 is 0 Å². The Morgan fingerprint density at radius 1 is 1.00 bits per heavy atom. The first-order valence-electron chi connectivity index (χ1n) is 6.82. The molecule has 0 bridgehead atoms. The van der Waals surface area contributed by atoms with Gasteiger partial charge < -0.3 is 31.0 Å². The zero-order chi connectivity index (χ0) is 17.1. The monoisotopic (exact) mass is 369 g/mol. The maximum Gasteiger partial charge on any atom is 0.580 e. The first kappa shape index (κ1) is 21.6. The third kappa shape index (κ3) is 7.71. The van der Waals surface area contributed by atoms with Crippen LogP contribution in [-0.2, 0) is 35.8 Å². The Labute approximate surface area is 136 Å². The van der Waals surface area contributed by atoms with E-state index in [2.05, 4.69) is 0 Å². The molecule has 0 aliphatic rings. The number of rotatable bonds is 13. The van der Waals surface area contributed by atoms with Gasteiger partial charge in [0.15, 0.2) is 0 Å². The molecule has 0 saturated heterocycles. The Hall–Kier alpha value is -0.439. The average molecular weight is 370 g/mol. The highest BCUT2D eigenvalue weighted by Gasteiger charge is 2.37. The molecule has 1 unspecified atom stereocenters. The van der Waals surface area contributed by atoms with Gasteiger partial charge in [-0.25, -0.2) is 0 Å². The second-order valence-corrected chi connectivity index (χ2v) is 11.9. The lowest BCUT2D eigenvalue weighted by atomic mass is 10.5. The Balaban J connectivity index is 4.03. The molecule has 0 saturated carbocycles. The summed E-state index contributed by atoms with van der Waals surface area (Å²) in [6, 6.07) is 0.958. The highest BCUT2D eigenvalue weighted by Crippen LogP contribution is 2.16. The van der Waals surface area contributed by atoms with E-state index in [1.54, 1.807) is 6.55 Å². The van der Waals surface area contributed by atoms with Gasteiger partial charge in [0.25, 0.3) is 0 Å². The van der Waals surface area contributed by atoms with E-state index < -0.39 is 27.0 Å². The molecule has 22 heavy (non-hydrogen) atoms. The predicted octanol–water partition coefficient (Wildman–Crippen LogP) is 0.888. The van der Waals surface area contributed by atoms with Crippen molar-refractivity contribution in [3.05, 3.63) is 0 Å². The lowest BCUT2D eigenvalue weighted by Crippen LogP contribution is -2.42. The van der Waals surface area contributed by atoms with Crippen LogP contribution in [0.3, 0.4) is 0 Å². The fourth-order valence-corrected chi connectivity index (χ4v) is 5.71. The van der Waals surface area contributed by atoms with Gasteiger partial charge >= 0.3 is 33.0 Å². The fourth-order valence-electron chi connectivity index (χ4n) is 1.72. The molecule has 0 aromatic rings. The smallest absolute Gasteiger partial charge is 0.555 e. The van der Waals surface area contributed by atoms with Crippen LogP contribution in [0.1, 0.15) is 12.8 Å². The van der Waals surface area contributed by atoms with Gasteiger partial charge in [0.1, 0.15) is 0 Å². The van der Waals surface area contributed by atoms with Crippen LogP contribution in [0.4, 0.5) is 0 Å². The van der Waals surface area contributed by atoms with Crippen molar-refractivity contribution in [2.24, 2.45) is 0 Å². The van der Waals surface area contributed by atoms with Crippen LogP contribution >= 0.6 is 0 Å². The third-order valence-corrected chi connectivity index (χ3v) is 10.2. The van der Waals surface area contributed by atoms with E-state index in [0.717, 1.165) is 0 Å². The molecule has 0 aromatic carbocycles. The Bertz CT molecular complexity index is 331. The molecule has 0 aliphatic carbocycles. The lowest BCUT2D eigenvalue weighted by molar-refractivity contribution is -0.143. The minimum atomic E-state index is -2.61. The van der Waals surface area contributed by atoms with Crippen LogP contribution in [-0.4, -0.2) is 68.0 Å². The lowest BCUT2D eigenvalue weighted by Gasteiger charge is -2.24. The van der Waals surface area contributed by atoms with Crippen molar-refractivity contribution in [3.63, 3.8) is 0 Å². The average Bonchev–Trinajstić information content (AvgIpc) is 2.54. The zero-order valence-corrected chi connectivity index (χ0v) is 16.8. The summed E-state index contributed by atoms with van der Waals surface area (Å²) in [5.74, 6) is -0.340. The van der Waals surface area contributed by atoms with Crippen LogP contribution < -0.4 is 0 Å². The fraction of sp³-hybridized carbons (Fsp3) is 0.909. The van der Waals surface area contributed by atoms with Crippen molar-refractivity contribution in [2.45, 2.75) is 31.5 Å². The van der Waals surface area contributed by atoms with Gasteiger partial charge in [-0.1, -0.05) is 0 Å². The van der Waals surface area contributed by atoms with Gasteiger partial charge in [-0.05, 0) is 13.0 Å². The maximum atomic E-state index is 11.7. The Kier molecular flexibility index (Phi) is 10.9. The van der Waals surface area contributed by atoms with E-state index in [1.807, 2.05) is 0 Å². The topological polar surface area (TPSA) is 89.5 Å². The van der Waals surface area contributed by atoms with Crippen molar-refractivity contribution >= 4 is 33.0 Å². The number of carbonyl (C=O) groups is 1. The quantitative estimate of drug-likeness (QED) is 0.269. The molecule has 0 fully saturated rings. The molecule has 0 heterocycles. The standard InChI is InChI=1S/C11H25O8Si3/c1-14-21(5,19-20-13)10-7-11(12)18-8-6-9-22(15-2,16-3)17-4/h6-10H2,1-5H3. The Morgan fingerprint density at radius 3 is 2.05 bits per heavy atom. The molecule has 1 atom stereocenters. The molecule has 0 N–H and O–H groups in total. The van der Waals surface area contributed by atoms with Gasteiger partial charge in [0.05, 0.1) is 6.61 Å². The van der Waals surface area contributed by atoms with Gasteiger partial charge in [-0.15, -0.1) is 0 Å². The Morgan fingerprint density at radius 2 is 1.59 bits per heavy atom. The largest absolute Gasteiger partial charge is 0.580 e. The highest BCUT2D eigenvalue weighted by atomic mass is 28.4. The van der Waals surface area contributed by atoms with E-state index in [0.29, 0.717) is 18.5 Å². The van der Waals surface area contributed by atoms with Crippen molar-refractivity contribution in [1.82, 2.24) is 0 Å². The van der Waals surface area contributed by atoms with E-state index in [4.69, 9.17) is 26.6 Å². The molecule has 0 amide bonds. The van der Waals surface area contributed by atoms with Crippen molar-refractivity contribution in [3.8, 4) is 0 Å². The summed E-state index contributed by atoms with van der Waals surface area (Å²) < 4.78 is 41.8. The minimum absolute atomic E-state index is 0.169. The molecule has 0 aromatic heterocycles. The summed E-state index contributed by atoms with van der Waals surface area (Å²) in [6.07, 6.45) is 0.757. The summed E-state index contributed by atoms with van der Waals surface area (Å²) in [5.41, 5.74) is 0. The molecule has 129 valence electrons. The number of hydrogen-bond acceptors (Lipinski definition) is 8. The normalized spacial score (nSPS) is 14.2. The van der Waals surface area contributed by atoms with E-state index in [1.165, 1.54) is 28.4 Å². The van der Waals surface area contributed by atoms with Gasteiger partial charge in [-0.2, -0.15) is 0 Å². The van der Waals surface area contributed by atoms with Crippen LogP contribution in [0.5, 0.6) is 0 Å². The molecular formula is C11H25O8Si3. The third-order valence-electron chi connectivity index (χ3n) is 3.30. The number of hydrogen-bond donors (Lipinski definition) is 0. The number of esters is 1. The van der Waals surface area contributed by atoms with Crippen molar-refractivity contribution in [2.75, 3.05) is 35.0 Å². The van der Waals surface area contributed by atoms with Crippen LogP contribution in [0, 0.1) is 0 Å². The molecule has 1 radical (unpaired) electrons. The summed E-state index contributed by atoms with van der Waals surface area (Å²) in [6.45, 7) is 2.01. The second kappa shape index (κ2) is 11.2. The molecular weight excluding hydrogens is 344 g/mol. The van der Waals surface area contributed by atoms with Crippen LogP contribution in [0.25, 0.3) is 0 Å². The minimum Gasteiger partial charge on any atom is -0.555 e. The molecule has 0 rings (SSSR count). The first-order valence-corrected chi connectivity index (χ1v) is 12.1. The molecule has 0 spiro atoms. The van der Waals surface area contributed by atoms with E-state index in [-0.39, 0.29) is 19.0 Å². The highest BCUT2D eigenvalue weighted by molar-refractivity contribution is 6.69. The van der Waals surface area contributed by atoms with Gasteiger partial charge in [-0.3, -0.25) is 4.79 Å². The molecule has 0 aliphatic heterocycles. The maximum absolute atomic E-state index is 11.7. The molecule has 8 nitrogen and oxygen atoms in total. The summed E-state index contributed by atoms with van der Waals surface area (Å²) in [7, 11) is 0.0709. The summed E-state index contributed by atoms with van der Waals surface area (Å²) in [5, 5.41) is 0. The number of carbonyl (C=O) groups excluding carboxylic acids is 1. The zero-order valence-electron chi connectivity index (χ0n) is 13.8. The number of ether oxygens (including phenoxy) is 1.